The molecule has 20 heavy (non-hydrogen) atoms. The number of nitrogens with one attached hydrogen (secondary N) is 2. The lowest BCUT2D eigenvalue weighted by atomic mass is 9.96. The molecular weight excluding hydrogens is 311 g/mol. The molecule has 0 heterocycles. The minimum atomic E-state index is -2.93. The molecule has 1 unspecified atom stereocenters. The molecule has 0 aromatic carbocycles. The number of hydrogen-bond acceptors (Lipinski definition) is 4. The van der Waals surface area contributed by atoms with Gasteiger partial charge in [0.1, 0.15) is 0 Å². The van der Waals surface area contributed by atoms with Gasteiger partial charge in [-0.1, -0.05) is 33.1 Å². The van der Waals surface area contributed by atoms with Gasteiger partial charge < -0.3 is 9.84 Å². The van der Waals surface area contributed by atoms with Gasteiger partial charge in [-0.2, -0.15) is 0 Å². The highest BCUT2D eigenvalue weighted by atomic mass is 32.7. The van der Waals surface area contributed by atoms with Crippen molar-refractivity contribution in [2.75, 3.05) is 12.4 Å². The Morgan fingerprint density at radius 1 is 1.40 bits per heavy atom. The van der Waals surface area contributed by atoms with Gasteiger partial charge in [0.15, 0.2) is 5.11 Å². The lowest BCUT2D eigenvalue weighted by Crippen LogP contribution is -2.41. The molecular formula is C13H27N2O2PS2. The van der Waals surface area contributed by atoms with Gasteiger partial charge in [0.25, 0.3) is 0 Å². The van der Waals surface area contributed by atoms with Crippen molar-refractivity contribution in [1.82, 2.24) is 10.4 Å². The third-order valence-corrected chi connectivity index (χ3v) is 7.74. The van der Waals surface area contributed by atoms with Gasteiger partial charge in [0.05, 0.1) is 6.61 Å². The molecule has 7 heteroatoms. The SMILES string of the molecule is CCOP(=O)(NC(=S)NC1CCCCC1)SCC(C)C. The van der Waals surface area contributed by atoms with Crippen molar-refractivity contribution in [2.24, 2.45) is 5.92 Å². The highest BCUT2D eigenvalue weighted by molar-refractivity contribution is 8.56. The van der Waals surface area contributed by atoms with Crippen LogP contribution >= 0.6 is 30.3 Å². The molecule has 0 amide bonds. The van der Waals surface area contributed by atoms with Crippen LogP contribution in [-0.2, 0) is 9.09 Å². The predicted molar refractivity (Wildman–Crippen MR) is 92.3 cm³/mol. The summed E-state index contributed by atoms with van der Waals surface area (Å²) in [6.45, 7) is 3.53. The molecule has 0 aliphatic heterocycles. The second-order valence-electron chi connectivity index (χ2n) is 5.53. The maximum absolute atomic E-state index is 12.7. The van der Waals surface area contributed by atoms with Crippen LogP contribution < -0.4 is 10.4 Å². The van der Waals surface area contributed by atoms with E-state index in [-0.39, 0.29) is 0 Å². The van der Waals surface area contributed by atoms with Crippen molar-refractivity contribution < 1.29 is 9.09 Å². The zero-order chi connectivity index (χ0) is 15.0. The van der Waals surface area contributed by atoms with Crippen LogP contribution in [0.2, 0.25) is 0 Å². The second kappa shape index (κ2) is 9.29. The fourth-order valence-corrected chi connectivity index (χ4v) is 6.65. The largest absolute Gasteiger partial charge is 0.360 e. The Bertz CT molecular complexity index is 347. The molecule has 1 aliphatic carbocycles. The lowest BCUT2D eigenvalue weighted by Gasteiger charge is -2.26. The van der Waals surface area contributed by atoms with E-state index in [1.807, 2.05) is 6.92 Å². The van der Waals surface area contributed by atoms with Crippen molar-refractivity contribution in [3.8, 4) is 0 Å². The second-order valence-corrected chi connectivity index (χ2v) is 10.2. The first-order valence-electron chi connectivity index (χ1n) is 7.43. The molecule has 4 nitrogen and oxygen atoms in total. The van der Waals surface area contributed by atoms with Crippen molar-refractivity contribution in [2.45, 2.75) is 58.9 Å². The topological polar surface area (TPSA) is 50.4 Å². The van der Waals surface area contributed by atoms with Gasteiger partial charge in [-0.25, -0.2) is 0 Å². The lowest BCUT2D eigenvalue weighted by molar-refractivity contribution is 0.342. The van der Waals surface area contributed by atoms with Crippen LogP contribution in [0.3, 0.4) is 0 Å². The monoisotopic (exact) mass is 338 g/mol. The van der Waals surface area contributed by atoms with E-state index in [4.69, 9.17) is 16.7 Å². The first kappa shape index (κ1) is 18.3. The summed E-state index contributed by atoms with van der Waals surface area (Å²) < 4.78 is 18.1. The zero-order valence-corrected chi connectivity index (χ0v) is 15.2. The van der Waals surface area contributed by atoms with E-state index < -0.39 is 6.72 Å². The van der Waals surface area contributed by atoms with Crippen molar-refractivity contribution in [3.05, 3.63) is 0 Å². The van der Waals surface area contributed by atoms with E-state index in [0.29, 0.717) is 23.7 Å². The average Bonchev–Trinajstić information content (AvgIpc) is 2.37. The normalized spacial score (nSPS) is 19.6. The maximum Gasteiger partial charge on any atom is 0.352 e. The van der Waals surface area contributed by atoms with E-state index in [2.05, 4.69) is 24.3 Å². The molecule has 118 valence electrons. The Morgan fingerprint density at radius 3 is 2.60 bits per heavy atom. The quantitative estimate of drug-likeness (QED) is 0.533. The molecule has 1 atom stereocenters. The van der Waals surface area contributed by atoms with Crippen LogP contribution in [0.1, 0.15) is 52.9 Å². The Hall–Kier alpha value is 0.230. The van der Waals surface area contributed by atoms with Crippen LogP contribution in [0.4, 0.5) is 0 Å². The highest BCUT2D eigenvalue weighted by Gasteiger charge is 2.26. The Labute approximate surface area is 132 Å². The molecule has 0 aromatic rings. The fourth-order valence-electron chi connectivity index (χ4n) is 2.11. The molecule has 0 aromatic heterocycles. The van der Waals surface area contributed by atoms with Gasteiger partial charge in [0.2, 0.25) is 0 Å². The molecule has 0 bridgehead atoms. The summed E-state index contributed by atoms with van der Waals surface area (Å²) in [5, 5.41) is 6.65. The predicted octanol–water partition coefficient (Wildman–Crippen LogP) is 4.32. The third kappa shape index (κ3) is 7.30. The Kier molecular flexibility index (Phi) is 8.49. The van der Waals surface area contributed by atoms with Crippen LogP contribution in [-0.4, -0.2) is 23.5 Å². The van der Waals surface area contributed by atoms with E-state index >= 15 is 0 Å². The van der Waals surface area contributed by atoms with Crippen LogP contribution in [0.25, 0.3) is 0 Å². The van der Waals surface area contributed by atoms with E-state index in [1.165, 1.54) is 30.6 Å². The van der Waals surface area contributed by atoms with Crippen LogP contribution in [0.15, 0.2) is 0 Å². The summed E-state index contributed by atoms with van der Waals surface area (Å²) >= 11 is 6.63. The smallest absolute Gasteiger partial charge is 0.352 e. The summed E-state index contributed by atoms with van der Waals surface area (Å²) in [7, 11) is 0. The minimum Gasteiger partial charge on any atom is -0.360 e. The first-order valence-corrected chi connectivity index (χ1v) is 11.1. The van der Waals surface area contributed by atoms with Crippen molar-refractivity contribution in [1.29, 1.82) is 0 Å². The molecule has 2 N–H and O–H groups in total. The molecule has 1 saturated carbocycles. The van der Waals surface area contributed by atoms with Gasteiger partial charge in [0, 0.05) is 11.8 Å². The zero-order valence-electron chi connectivity index (χ0n) is 12.7. The fraction of sp³-hybridized carbons (Fsp3) is 0.923. The van der Waals surface area contributed by atoms with E-state index in [1.54, 1.807) is 0 Å². The molecule has 0 radical (unpaired) electrons. The molecule has 0 spiro atoms. The van der Waals surface area contributed by atoms with E-state index in [9.17, 15) is 4.57 Å². The Morgan fingerprint density at radius 2 is 2.05 bits per heavy atom. The number of hydrogen-bond donors (Lipinski definition) is 2. The van der Waals surface area contributed by atoms with Gasteiger partial charge in [-0.15, -0.1) is 0 Å². The van der Waals surface area contributed by atoms with Gasteiger partial charge >= 0.3 is 6.72 Å². The Balaban J connectivity index is 2.46. The van der Waals surface area contributed by atoms with E-state index in [0.717, 1.165) is 18.6 Å². The maximum atomic E-state index is 12.7. The van der Waals surface area contributed by atoms with Crippen LogP contribution in [0.5, 0.6) is 0 Å². The standard InChI is InChI=1S/C13H27N2O2PS2/c1-4-17-18(16,20-10-11(2)3)15-13(19)14-12-8-6-5-7-9-12/h11-12H,4-10H2,1-3H3,(H2,14,15,16,19). The number of rotatable bonds is 7. The number of thiocarbonyl (C=S) groups is 1. The molecule has 1 aliphatic rings. The minimum absolute atomic E-state index is 0.411. The summed E-state index contributed by atoms with van der Waals surface area (Å²) in [5.41, 5.74) is 0. The first-order chi connectivity index (χ1) is 9.45. The third-order valence-electron chi connectivity index (χ3n) is 3.06. The molecule has 1 fully saturated rings. The summed E-state index contributed by atoms with van der Waals surface area (Å²) in [5.74, 6) is 1.26. The highest BCUT2D eigenvalue weighted by Crippen LogP contribution is 2.56. The van der Waals surface area contributed by atoms with Crippen LogP contribution in [0, 0.1) is 5.92 Å². The molecule has 1 rings (SSSR count). The van der Waals surface area contributed by atoms with Crippen molar-refractivity contribution >= 4 is 35.4 Å². The molecule has 0 saturated heterocycles. The average molecular weight is 338 g/mol. The van der Waals surface area contributed by atoms with Gasteiger partial charge in [-0.3, -0.25) is 9.65 Å². The van der Waals surface area contributed by atoms with Gasteiger partial charge in [-0.05, 0) is 49.3 Å². The summed E-state index contributed by atoms with van der Waals surface area (Å²) in [6, 6.07) is 0.411. The van der Waals surface area contributed by atoms with Crippen molar-refractivity contribution in [3.63, 3.8) is 0 Å². The summed E-state index contributed by atoms with van der Waals surface area (Å²) in [6.07, 6.45) is 6.07. The summed E-state index contributed by atoms with van der Waals surface area (Å²) in [4.78, 5) is 0.